The maximum absolute atomic E-state index is 10.5. The quantitative estimate of drug-likeness (QED) is 0.100. The number of hydrogen-bond acceptors (Lipinski definition) is 11. The van der Waals surface area contributed by atoms with E-state index in [0.29, 0.717) is 17.8 Å². The van der Waals surface area contributed by atoms with Gasteiger partial charge in [-0.15, -0.1) is 0 Å². The van der Waals surface area contributed by atoms with Gasteiger partial charge in [-0.25, -0.2) is 14.4 Å². The van der Waals surface area contributed by atoms with Gasteiger partial charge in [-0.2, -0.15) is 0 Å². The summed E-state index contributed by atoms with van der Waals surface area (Å²) < 4.78 is 13.4. The average Bonchev–Trinajstić information content (AvgIpc) is 2.96. The van der Waals surface area contributed by atoms with Crippen LogP contribution in [0.4, 0.5) is 0 Å². The first-order chi connectivity index (χ1) is 19.1. The summed E-state index contributed by atoms with van der Waals surface area (Å²) in [6, 6.07) is 0. The second-order valence-electron chi connectivity index (χ2n) is 8.44. The summed E-state index contributed by atoms with van der Waals surface area (Å²) in [7, 11) is 1.33. The van der Waals surface area contributed by atoms with Crippen LogP contribution in [0, 0.1) is 5.41 Å². The summed E-state index contributed by atoms with van der Waals surface area (Å²) in [6.07, 6.45) is 3.15. The van der Waals surface area contributed by atoms with Crippen LogP contribution in [-0.4, -0.2) is 109 Å². The van der Waals surface area contributed by atoms with Crippen molar-refractivity contribution in [2.75, 3.05) is 59.8 Å². The van der Waals surface area contributed by atoms with Gasteiger partial charge in [-0.1, -0.05) is 53.9 Å². The number of hydrogen-bond donors (Lipinski definition) is 4. The standard InChI is InChI=1S/C7H12O2.C6H15N.C6H10O3.C5H10O4.C5H8O2/c1-3-5-6-9-7(8)4-2;1-4-7(5-2)6-3;1-5(2)6(8)9-4-3-7;1-5(2-6,3-7)4(8)9;1-4(2)5(6)7-3/h4H,2-3,5-6H2,1H3;4-6H2,1-3H3;7H,1,3-4H2,2H3;6-7H,2-3H2,1H3,(H,8,9);1H2,2-3H3. The second kappa shape index (κ2) is 33.1. The topological polar surface area (TPSA) is 180 Å². The van der Waals surface area contributed by atoms with Crippen LogP contribution in [0.1, 0.15) is 61.3 Å². The fraction of sp³-hybridized carbons (Fsp3) is 0.655. The fourth-order valence-electron chi connectivity index (χ4n) is 1.67. The summed E-state index contributed by atoms with van der Waals surface area (Å²) in [5, 5.41) is 33.3. The molecule has 0 bridgehead atoms. The van der Waals surface area contributed by atoms with E-state index in [4.69, 9.17) is 20.4 Å². The Kier molecular flexibility index (Phi) is 38.6. The van der Waals surface area contributed by atoms with Crippen molar-refractivity contribution in [1.29, 1.82) is 0 Å². The lowest BCUT2D eigenvalue weighted by Crippen LogP contribution is -2.35. The summed E-state index contributed by atoms with van der Waals surface area (Å²) >= 11 is 0. The van der Waals surface area contributed by atoms with E-state index in [2.05, 4.69) is 59.6 Å². The number of carbonyl (C=O) groups excluding carboxylic acids is 3. The van der Waals surface area contributed by atoms with Gasteiger partial charge >= 0.3 is 23.9 Å². The molecule has 0 amide bonds. The largest absolute Gasteiger partial charge is 0.481 e. The first-order valence-corrected chi connectivity index (χ1v) is 13.2. The number of rotatable bonds is 14. The van der Waals surface area contributed by atoms with Crippen molar-refractivity contribution in [3.63, 3.8) is 0 Å². The molecule has 12 heteroatoms. The highest BCUT2D eigenvalue weighted by Gasteiger charge is 2.31. The van der Waals surface area contributed by atoms with Crippen LogP contribution >= 0.6 is 0 Å². The van der Waals surface area contributed by atoms with Crippen molar-refractivity contribution in [3.8, 4) is 0 Å². The third-order valence-electron chi connectivity index (χ3n) is 4.67. The number of nitrogens with zero attached hydrogens (tertiary/aromatic N) is 1. The van der Waals surface area contributed by atoms with Gasteiger partial charge < -0.3 is 39.5 Å². The van der Waals surface area contributed by atoms with E-state index in [9.17, 15) is 19.2 Å². The normalized spacial score (nSPS) is 9.37. The SMILES string of the molecule is C=C(C)C(=O)OC.C=C(C)C(=O)OCCO.C=CC(=O)OCCCC.CC(CO)(CO)C(=O)O.CCN(CC)CC. The summed E-state index contributed by atoms with van der Waals surface area (Å²) in [5.41, 5.74) is -0.606. The predicted octanol–water partition coefficient (Wildman–Crippen LogP) is 2.76. The molecule has 0 heterocycles. The maximum Gasteiger partial charge on any atom is 0.333 e. The molecule has 0 aliphatic heterocycles. The molecule has 0 fully saturated rings. The number of aliphatic hydroxyl groups is 3. The van der Waals surface area contributed by atoms with E-state index in [1.807, 2.05) is 6.92 Å². The lowest BCUT2D eigenvalue weighted by Gasteiger charge is -2.17. The molecule has 0 radical (unpaired) electrons. The van der Waals surface area contributed by atoms with Crippen LogP contribution < -0.4 is 0 Å². The Morgan fingerprint density at radius 3 is 1.44 bits per heavy atom. The molecule has 41 heavy (non-hydrogen) atoms. The third kappa shape index (κ3) is 34.9. The van der Waals surface area contributed by atoms with E-state index < -0.39 is 30.6 Å². The zero-order valence-electron chi connectivity index (χ0n) is 26.4. The summed E-state index contributed by atoms with van der Waals surface area (Å²) in [5.74, 6) is -2.32. The van der Waals surface area contributed by atoms with E-state index in [-0.39, 0.29) is 25.2 Å². The fourth-order valence-corrected chi connectivity index (χ4v) is 1.67. The monoisotopic (exact) mass is 593 g/mol. The van der Waals surface area contributed by atoms with Gasteiger partial charge in [0.15, 0.2) is 0 Å². The minimum Gasteiger partial charge on any atom is -0.481 e. The van der Waals surface area contributed by atoms with E-state index >= 15 is 0 Å². The van der Waals surface area contributed by atoms with Crippen molar-refractivity contribution in [3.05, 3.63) is 37.0 Å². The molecule has 0 aliphatic carbocycles. The third-order valence-corrected chi connectivity index (χ3v) is 4.67. The summed E-state index contributed by atoms with van der Waals surface area (Å²) in [6.45, 7) is 25.9. The smallest absolute Gasteiger partial charge is 0.333 e. The van der Waals surface area contributed by atoms with Gasteiger partial charge in [0.2, 0.25) is 0 Å². The number of carboxylic acids is 1. The van der Waals surface area contributed by atoms with Gasteiger partial charge in [0.05, 0.1) is 33.5 Å². The molecule has 12 nitrogen and oxygen atoms in total. The molecule has 0 aliphatic rings. The van der Waals surface area contributed by atoms with Crippen LogP contribution in [-0.2, 0) is 33.4 Å². The van der Waals surface area contributed by atoms with Crippen molar-refractivity contribution in [2.45, 2.75) is 61.3 Å². The molecule has 0 spiro atoms. The number of carboxylic acid groups (broad SMARTS) is 1. The van der Waals surface area contributed by atoms with E-state index in [1.54, 1.807) is 13.8 Å². The van der Waals surface area contributed by atoms with Crippen molar-refractivity contribution >= 4 is 23.9 Å². The van der Waals surface area contributed by atoms with Gasteiger partial charge in [-0.05, 0) is 46.8 Å². The highest BCUT2D eigenvalue weighted by molar-refractivity contribution is 5.87. The molecule has 0 atom stereocenters. The zero-order chi connectivity index (χ0) is 33.4. The van der Waals surface area contributed by atoms with Gasteiger partial charge in [0, 0.05) is 17.2 Å². The Morgan fingerprint density at radius 1 is 0.829 bits per heavy atom. The van der Waals surface area contributed by atoms with E-state index in [1.165, 1.54) is 39.7 Å². The molecular weight excluding hydrogens is 538 g/mol. The van der Waals surface area contributed by atoms with Crippen molar-refractivity contribution in [2.24, 2.45) is 5.41 Å². The second-order valence-corrected chi connectivity index (χ2v) is 8.44. The Labute approximate surface area is 246 Å². The van der Waals surface area contributed by atoms with Gasteiger partial charge in [-0.3, -0.25) is 4.79 Å². The van der Waals surface area contributed by atoms with Crippen LogP contribution in [0.5, 0.6) is 0 Å². The number of esters is 3. The van der Waals surface area contributed by atoms with Crippen LogP contribution in [0.15, 0.2) is 37.0 Å². The number of unbranched alkanes of at least 4 members (excludes halogenated alkanes) is 1. The van der Waals surface area contributed by atoms with Crippen LogP contribution in [0.2, 0.25) is 0 Å². The molecule has 4 N–H and O–H groups in total. The minimum absolute atomic E-state index is 0.0473. The lowest BCUT2D eigenvalue weighted by molar-refractivity contribution is -0.153. The van der Waals surface area contributed by atoms with Crippen molar-refractivity contribution < 1.29 is 53.8 Å². The van der Waals surface area contributed by atoms with Gasteiger partial charge in [0.1, 0.15) is 12.0 Å². The molecule has 242 valence electrons. The first-order valence-electron chi connectivity index (χ1n) is 13.2. The minimum atomic E-state index is -1.39. The van der Waals surface area contributed by atoms with Gasteiger partial charge in [0.25, 0.3) is 0 Å². The van der Waals surface area contributed by atoms with Crippen molar-refractivity contribution in [1.82, 2.24) is 4.90 Å². The molecule has 0 saturated heterocycles. The van der Waals surface area contributed by atoms with E-state index in [0.717, 1.165) is 12.8 Å². The molecule has 0 saturated carbocycles. The highest BCUT2D eigenvalue weighted by atomic mass is 16.5. The number of carbonyl (C=O) groups is 4. The maximum atomic E-state index is 10.5. The molecule has 0 aromatic heterocycles. The Balaban J connectivity index is -0.000000132. The molecule has 0 aromatic carbocycles. The molecule has 0 rings (SSSR count). The number of aliphatic hydroxyl groups excluding tert-OH is 3. The number of methoxy groups -OCH3 is 1. The van der Waals surface area contributed by atoms with Crippen LogP contribution in [0.25, 0.3) is 0 Å². The number of ether oxygens (including phenoxy) is 3. The Bertz CT molecular complexity index is 721. The highest BCUT2D eigenvalue weighted by Crippen LogP contribution is 2.12. The zero-order valence-corrected chi connectivity index (χ0v) is 26.4. The summed E-state index contributed by atoms with van der Waals surface area (Å²) in [4.78, 5) is 43.5. The Hall–Kier alpha value is -3.06. The lowest BCUT2D eigenvalue weighted by atomic mass is 9.94. The predicted molar refractivity (Wildman–Crippen MR) is 159 cm³/mol. The average molecular weight is 594 g/mol. The molecule has 0 aromatic rings. The number of aliphatic carboxylic acids is 1. The Morgan fingerprint density at radius 2 is 1.27 bits per heavy atom. The van der Waals surface area contributed by atoms with Crippen LogP contribution in [0.3, 0.4) is 0 Å². The molecule has 0 unspecified atom stereocenters. The molecular formula is C29H55NO11. The first kappa shape index (κ1) is 47.7.